The van der Waals surface area contributed by atoms with Gasteiger partial charge in [0, 0.05) is 45.3 Å². The Labute approximate surface area is 141 Å². The van der Waals surface area contributed by atoms with Crippen LogP contribution in [0.2, 0.25) is 0 Å². The monoisotopic (exact) mass is 329 g/mol. The number of nitrogens with one attached hydrogen (secondary N) is 1. The SMILES string of the molecule is CC(=O)NCC(=O)N1C[C@@H]2CN(C(C)=O)[C@@H](c3ccccc3)[C@@H]2C1. The van der Waals surface area contributed by atoms with Gasteiger partial charge in [0.2, 0.25) is 17.7 Å². The molecule has 1 aromatic carbocycles. The highest BCUT2D eigenvalue weighted by Crippen LogP contribution is 2.44. The second-order valence-corrected chi connectivity index (χ2v) is 6.66. The van der Waals surface area contributed by atoms with Crippen LogP contribution < -0.4 is 5.32 Å². The van der Waals surface area contributed by atoms with Crippen LogP contribution in [0.1, 0.15) is 25.5 Å². The van der Waals surface area contributed by atoms with Gasteiger partial charge >= 0.3 is 0 Å². The van der Waals surface area contributed by atoms with Crippen molar-refractivity contribution < 1.29 is 14.4 Å². The van der Waals surface area contributed by atoms with Gasteiger partial charge in [-0.25, -0.2) is 0 Å². The summed E-state index contributed by atoms with van der Waals surface area (Å²) in [6.07, 6.45) is 0. The summed E-state index contributed by atoms with van der Waals surface area (Å²) in [5.74, 6) is 0.362. The van der Waals surface area contributed by atoms with E-state index in [1.54, 1.807) is 6.92 Å². The number of nitrogens with zero attached hydrogens (tertiary/aromatic N) is 2. The fourth-order valence-corrected chi connectivity index (χ4v) is 3.96. The number of hydrogen-bond acceptors (Lipinski definition) is 3. The molecular weight excluding hydrogens is 306 g/mol. The molecule has 0 radical (unpaired) electrons. The molecule has 24 heavy (non-hydrogen) atoms. The predicted octanol–water partition coefficient (Wildman–Crippen LogP) is 0.801. The third kappa shape index (κ3) is 3.13. The van der Waals surface area contributed by atoms with E-state index < -0.39 is 0 Å². The Morgan fingerprint density at radius 3 is 2.42 bits per heavy atom. The predicted molar refractivity (Wildman–Crippen MR) is 88.8 cm³/mol. The molecule has 6 nitrogen and oxygen atoms in total. The van der Waals surface area contributed by atoms with E-state index in [-0.39, 0.29) is 36.2 Å². The third-order valence-electron chi connectivity index (χ3n) is 5.05. The summed E-state index contributed by atoms with van der Waals surface area (Å²) in [4.78, 5) is 39.1. The molecule has 128 valence electrons. The van der Waals surface area contributed by atoms with Crippen molar-refractivity contribution in [2.45, 2.75) is 19.9 Å². The summed E-state index contributed by atoms with van der Waals surface area (Å²) in [6.45, 7) is 5.02. The molecule has 2 aliphatic heterocycles. The average Bonchev–Trinajstić information content (AvgIpc) is 3.10. The zero-order chi connectivity index (χ0) is 17.3. The van der Waals surface area contributed by atoms with Gasteiger partial charge in [0.25, 0.3) is 0 Å². The lowest BCUT2D eigenvalue weighted by molar-refractivity contribution is -0.133. The Morgan fingerprint density at radius 2 is 1.79 bits per heavy atom. The highest BCUT2D eigenvalue weighted by Gasteiger charge is 2.49. The number of likely N-dealkylation sites (tertiary alicyclic amines) is 2. The van der Waals surface area contributed by atoms with Crippen molar-refractivity contribution in [3.8, 4) is 0 Å². The Hall–Kier alpha value is -2.37. The molecule has 1 aromatic rings. The van der Waals surface area contributed by atoms with Gasteiger partial charge in [-0.3, -0.25) is 14.4 Å². The standard InChI is InChI=1S/C18H23N3O3/c1-12(22)19-8-17(24)20-9-15-10-21(13(2)23)18(16(15)11-20)14-6-4-3-5-7-14/h3-7,15-16,18H,8-11H2,1-2H3,(H,19,22)/t15-,16-,18+/m1/s1. The highest BCUT2D eigenvalue weighted by atomic mass is 16.2. The normalized spacial score (nSPS) is 25.5. The Morgan fingerprint density at radius 1 is 1.08 bits per heavy atom. The minimum Gasteiger partial charge on any atom is -0.347 e. The van der Waals surface area contributed by atoms with Gasteiger partial charge in [0.05, 0.1) is 12.6 Å². The maximum Gasteiger partial charge on any atom is 0.241 e. The van der Waals surface area contributed by atoms with Crippen LogP contribution in [0.15, 0.2) is 30.3 Å². The zero-order valence-corrected chi connectivity index (χ0v) is 14.1. The van der Waals surface area contributed by atoms with E-state index in [4.69, 9.17) is 0 Å². The zero-order valence-electron chi connectivity index (χ0n) is 14.1. The van der Waals surface area contributed by atoms with Crippen LogP contribution in [0, 0.1) is 11.8 Å². The molecule has 0 bridgehead atoms. The minimum absolute atomic E-state index is 0.0206. The number of carbonyl (C=O) groups excluding carboxylic acids is 3. The summed E-state index contributed by atoms with van der Waals surface area (Å²) < 4.78 is 0. The van der Waals surface area contributed by atoms with E-state index in [2.05, 4.69) is 5.32 Å². The second-order valence-electron chi connectivity index (χ2n) is 6.66. The summed E-state index contributed by atoms with van der Waals surface area (Å²) in [5.41, 5.74) is 1.12. The van der Waals surface area contributed by atoms with Gasteiger partial charge in [-0.05, 0) is 5.56 Å². The highest BCUT2D eigenvalue weighted by molar-refractivity contribution is 5.84. The quantitative estimate of drug-likeness (QED) is 0.892. The van der Waals surface area contributed by atoms with Crippen LogP contribution in [0.25, 0.3) is 0 Å². The minimum atomic E-state index is -0.201. The molecule has 2 heterocycles. The van der Waals surface area contributed by atoms with Crippen molar-refractivity contribution in [2.75, 3.05) is 26.2 Å². The first-order valence-electron chi connectivity index (χ1n) is 8.31. The van der Waals surface area contributed by atoms with E-state index in [1.807, 2.05) is 40.1 Å². The molecule has 2 saturated heterocycles. The Bertz CT molecular complexity index is 646. The van der Waals surface area contributed by atoms with Crippen molar-refractivity contribution in [2.24, 2.45) is 11.8 Å². The van der Waals surface area contributed by atoms with Crippen molar-refractivity contribution in [1.82, 2.24) is 15.1 Å². The molecule has 3 atom stereocenters. The number of rotatable bonds is 3. The summed E-state index contributed by atoms with van der Waals surface area (Å²) in [5, 5.41) is 2.56. The molecule has 2 fully saturated rings. The number of amides is 3. The first-order chi connectivity index (χ1) is 11.5. The smallest absolute Gasteiger partial charge is 0.241 e. The lowest BCUT2D eigenvalue weighted by Gasteiger charge is -2.29. The molecule has 1 N–H and O–H groups in total. The van der Waals surface area contributed by atoms with Gasteiger partial charge in [-0.15, -0.1) is 0 Å². The molecule has 3 rings (SSSR count). The van der Waals surface area contributed by atoms with Crippen LogP contribution >= 0.6 is 0 Å². The second kappa shape index (κ2) is 6.63. The molecule has 0 aliphatic carbocycles. The Kier molecular flexibility index (Phi) is 4.55. The summed E-state index contributed by atoms with van der Waals surface area (Å²) in [6, 6.07) is 10.0. The number of hydrogen-bond donors (Lipinski definition) is 1. The number of fused-ring (bicyclic) bond motifs is 1. The van der Waals surface area contributed by atoms with Crippen LogP contribution in [0.3, 0.4) is 0 Å². The molecule has 0 unspecified atom stereocenters. The molecule has 2 aliphatic rings. The van der Waals surface area contributed by atoms with Crippen LogP contribution in [0.5, 0.6) is 0 Å². The first kappa shape index (κ1) is 16.5. The van der Waals surface area contributed by atoms with Gasteiger partial charge in [0.15, 0.2) is 0 Å². The maximum atomic E-state index is 12.3. The van der Waals surface area contributed by atoms with Crippen molar-refractivity contribution >= 4 is 17.7 Å². The maximum absolute atomic E-state index is 12.3. The number of carbonyl (C=O) groups is 3. The van der Waals surface area contributed by atoms with Crippen molar-refractivity contribution in [3.05, 3.63) is 35.9 Å². The molecule has 0 saturated carbocycles. The van der Waals surface area contributed by atoms with Gasteiger partial charge in [-0.1, -0.05) is 30.3 Å². The van der Waals surface area contributed by atoms with E-state index in [1.165, 1.54) is 6.92 Å². The number of benzene rings is 1. The van der Waals surface area contributed by atoms with Crippen molar-refractivity contribution in [3.63, 3.8) is 0 Å². The fraction of sp³-hybridized carbons (Fsp3) is 0.500. The van der Waals surface area contributed by atoms with Crippen LogP contribution in [0.4, 0.5) is 0 Å². The summed E-state index contributed by atoms with van der Waals surface area (Å²) in [7, 11) is 0. The van der Waals surface area contributed by atoms with Crippen LogP contribution in [-0.2, 0) is 14.4 Å². The molecule has 3 amide bonds. The largest absolute Gasteiger partial charge is 0.347 e. The van der Waals surface area contributed by atoms with Gasteiger partial charge < -0.3 is 15.1 Å². The average molecular weight is 329 g/mol. The van der Waals surface area contributed by atoms with E-state index in [9.17, 15) is 14.4 Å². The van der Waals surface area contributed by atoms with Crippen molar-refractivity contribution in [1.29, 1.82) is 0 Å². The molecule has 6 heteroatoms. The lowest BCUT2D eigenvalue weighted by Crippen LogP contribution is -2.41. The molecule has 0 spiro atoms. The van der Waals surface area contributed by atoms with Gasteiger partial charge in [0.1, 0.15) is 0 Å². The van der Waals surface area contributed by atoms with Gasteiger partial charge in [-0.2, -0.15) is 0 Å². The molecule has 0 aromatic heterocycles. The van der Waals surface area contributed by atoms with E-state index in [0.717, 1.165) is 5.56 Å². The topological polar surface area (TPSA) is 69.7 Å². The fourth-order valence-electron chi connectivity index (χ4n) is 3.96. The van der Waals surface area contributed by atoms with E-state index in [0.29, 0.717) is 25.6 Å². The Balaban J connectivity index is 1.75. The molecular formula is C18H23N3O3. The summed E-state index contributed by atoms with van der Waals surface area (Å²) >= 11 is 0. The third-order valence-corrected chi connectivity index (χ3v) is 5.05. The lowest BCUT2D eigenvalue weighted by atomic mass is 9.89. The van der Waals surface area contributed by atoms with E-state index >= 15 is 0 Å². The van der Waals surface area contributed by atoms with Crippen LogP contribution in [-0.4, -0.2) is 53.7 Å². The first-order valence-corrected chi connectivity index (χ1v) is 8.31.